The molecule has 0 aliphatic rings. The van der Waals surface area contributed by atoms with Gasteiger partial charge < -0.3 is 5.73 Å². The molecule has 0 bridgehead atoms. The standard InChI is InChI=1S/C18H6BrF11N2O/c19-11-4-6(15(21,17(25,26)27)18(28,29)30)3-10(16(22,23)24)12(11)7-1-2-8(14(32)33)13(20)9(7)5-31/h1-4H,(H2,32,33). The van der Waals surface area contributed by atoms with Crippen LogP contribution in [0, 0.1) is 17.1 Å². The van der Waals surface area contributed by atoms with Crippen LogP contribution in [0.1, 0.15) is 27.0 Å². The molecule has 0 aliphatic carbocycles. The molecular weight excluding hydrogens is 549 g/mol. The number of benzene rings is 2. The van der Waals surface area contributed by atoms with Gasteiger partial charge in [0, 0.05) is 21.2 Å². The van der Waals surface area contributed by atoms with Crippen LogP contribution in [0.4, 0.5) is 48.3 Å². The van der Waals surface area contributed by atoms with Crippen LogP contribution in [-0.2, 0) is 11.8 Å². The van der Waals surface area contributed by atoms with Crippen LogP contribution in [0.5, 0.6) is 0 Å². The lowest BCUT2D eigenvalue weighted by Crippen LogP contribution is -2.50. The molecule has 178 valence electrons. The van der Waals surface area contributed by atoms with Gasteiger partial charge in [-0.1, -0.05) is 22.0 Å². The van der Waals surface area contributed by atoms with Crippen molar-refractivity contribution in [1.82, 2.24) is 0 Å². The van der Waals surface area contributed by atoms with Gasteiger partial charge in [-0.2, -0.15) is 44.8 Å². The van der Waals surface area contributed by atoms with E-state index in [0.717, 1.165) is 6.07 Å². The topological polar surface area (TPSA) is 66.9 Å². The van der Waals surface area contributed by atoms with Gasteiger partial charge in [0.1, 0.15) is 6.07 Å². The molecule has 0 fully saturated rings. The largest absolute Gasteiger partial charge is 0.435 e. The van der Waals surface area contributed by atoms with E-state index >= 15 is 0 Å². The van der Waals surface area contributed by atoms with E-state index in [0.29, 0.717) is 12.1 Å². The first-order valence-electron chi connectivity index (χ1n) is 8.05. The Hall–Kier alpha value is -2.89. The quantitative estimate of drug-likeness (QED) is 0.438. The Bertz CT molecular complexity index is 1150. The molecule has 0 radical (unpaired) electrons. The van der Waals surface area contributed by atoms with Crippen molar-refractivity contribution in [2.45, 2.75) is 24.2 Å². The number of halogens is 12. The first-order chi connectivity index (χ1) is 14.8. The van der Waals surface area contributed by atoms with Crippen molar-refractivity contribution in [3.63, 3.8) is 0 Å². The summed E-state index contributed by atoms with van der Waals surface area (Å²) in [7, 11) is 0. The zero-order valence-corrected chi connectivity index (χ0v) is 16.9. The number of nitrogens with two attached hydrogens (primary N) is 1. The molecule has 2 N–H and O–H groups in total. The van der Waals surface area contributed by atoms with Gasteiger partial charge in [0.25, 0.3) is 5.91 Å². The number of primary amides is 1. The molecule has 0 unspecified atom stereocenters. The fraction of sp³-hybridized carbons (Fsp3) is 0.222. The Morgan fingerprint density at radius 3 is 1.85 bits per heavy atom. The van der Waals surface area contributed by atoms with Crippen LogP contribution in [0.2, 0.25) is 0 Å². The van der Waals surface area contributed by atoms with Gasteiger partial charge in [-0.15, -0.1) is 0 Å². The molecule has 33 heavy (non-hydrogen) atoms. The molecule has 0 saturated heterocycles. The number of nitriles is 1. The molecule has 0 heterocycles. The average molecular weight is 555 g/mol. The van der Waals surface area contributed by atoms with Crippen LogP contribution in [-0.4, -0.2) is 18.3 Å². The molecule has 2 aromatic carbocycles. The normalized spacial score (nSPS) is 13.1. The number of rotatable bonds is 3. The van der Waals surface area contributed by atoms with Crippen molar-refractivity contribution in [1.29, 1.82) is 5.26 Å². The predicted molar refractivity (Wildman–Crippen MR) is 92.7 cm³/mol. The summed E-state index contributed by atoms with van der Waals surface area (Å²) in [4.78, 5) is 11.2. The zero-order chi connectivity index (χ0) is 25.7. The fourth-order valence-electron chi connectivity index (χ4n) is 2.87. The molecule has 2 rings (SSSR count). The molecular formula is C18H6BrF11N2O. The number of alkyl halides is 10. The molecule has 0 spiro atoms. The van der Waals surface area contributed by atoms with Crippen molar-refractivity contribution < 1.29 is 53.1 Å². The Morgan fingerprint density at radius 2 is 1.45 bits per heavy atom. The van der Waals surface area contributed by atoms with Gasteiger partial charge in [0.2, 0.25) is 0 Å². The van der Waals surface area contributed by atoms with Crippen LogP contribution in [0.25, 0.3) is 11.1 Å². The third-order valence-electron chi connectivity index (χ3n) is 4.36. The molecule has 0 saturated carbocycles. The fourth-order valence-corrected chi connectivity index (χ4v) is 3.55. The van der Waals surface area contributed by atoms with Gasteiger partial charge in [-0.25, -0.2) is 8.78 Å². The van der Waals surface area contributed by atoms with Crippen LogP contribution < -0.4 is 5.73 Å². The highest BCUT2D eigenvalue weighted by atomic mass is 79.9. The second kappa shape index (κ2) is 8.15. The summed E-state index contributed by atoms with van der Waals surface area (Å²) < 4.78 is 147. The number of nitrogens with zero attached hydrogens (tertiary/aromatic N) is 1. The maximum absolute atomic E-state index is 14.4. The number of carbonyl (C=O) groups is 1. The highest BCUT2D eigenvalue weighted by molar-refractivity contribution is 9.10. The number of hydrogen-bond donors (Lipinski definition) is 1. The summed E-state index contributed by atoms with van der Waals surface area (Å²) in [6.45, 7) is 0. The monoisotopic (exact) mass is 554 g/mol. The minimum absolute atomic E-state index is 0.216. The number of hydrogen-bond acceptors (Lipinski definition) is 2. The van der Waals surface area contributed by atoms with E-state index in [1.54, 1.807) is 0 Å². The summed E-state index contributed by atoms with van der Waals surface area (Å²) in [6.07, 6.45) is -19.1. The second-order valence-corrected chi connectivity index (χ2v) is 7.21. The smallest absolute Gasteiger partial charge is 0.366 e. The van der Waals surface area contributed by atoms with E-state index < -0.39 is 79.8 Å². The lowest BCUT2D eigenvalue weighted by atomic mass is 9.87. The van der Waals surface area contributed by atoms with Gasteiger partial charge in [0.15, 0.2) is 5.82 Å². The first-order valence-corrected chi connectivity index (χ1v) is 8.84. The number of amides is 1. The Balaban J connectivity index is 3.03. The molecule has 2 aromatic rings. The van der Waals surface area contributed by atoms with Gasteiger partial charge in [-0.05, 0) is 18.2 Å². The van der Waals surface area contributed by atoms with Crippen LogP contribution in [0.3, 0.4) is 0 Å². The van der Waals surface area contributed by atoms with E-state index in [4.69, 9.17) is 11.0 Å². The minimum Gasteiger partial charge on any atom is -0.366 e. The average Bonchev–Trinajstić information content (AvgIpc) is 2.63. The lowest BCUT2D eigenvalue weighted by molar-refractivity contribution is -0.348. The van der Waals surface area contributed by atoms with E-state index in [2.05, 4.69) is 15.9 Å². The molecule has 0 atom stereocenters. The molecule has 1 amide bonds. The maximum atomic E-state index is 14.4. The summed E-state index contributed by atoms with van der Waals surface area (Å²) in [5.74, 6) is -3.10. The Morgan fingerprint density at radius 1 is 0.939 bits per heavy atom. The molecule has 3 nitrogen and oxygen atoms in total. The van der Waals surface area contributed by atoms with Gasteiger partial charge >= 0.3 is 24.2 Å². The van der Waals surface area contributed by atoms with E-state index in [-0.39, 0.29) is 6.07 Å². The Kier molecular flexibility index (Phi) is 6.51. The summed E-state index contributed by atoms with van der Waals surface area (Å²) >= 11 is 2.36. The minimum atomic E-state index is -6.71. The zero-order valence-electron chi connectivity index (χ0n) is 15.3. The van der Waals surface area contributed by atoms with E-state index in [9.17, 15) is 53.1 Å². The van der Waals surface area contributed by atoms with E-state index in [1.165, 1.54) is 0 Å². The highest BCUT2D eigenvalue weighted by Gasteiger charge is 2.73. The Labute approximate surface area is 184 Å². The second-order valence-electron chi connectivity index (χ2n) is 6.36. The predicted octanol–water partition coefficient (Wildman–Crippen LogP) is 6.53. The van der Waals surface area contributed by atoms with Crippen molar-refractivity contribution in [3.05, 3.63) is 56.8 Å². The summed E-state index contributed by atoms with van der Waals surface area (Å²) in [5, 5.41) is 9.15. The van der Waals surface area contributed by atoms with E-state index in [1.807, 2.05) is 0 Å². The SMILES string of the molecule is N#Cc1c(-c2c(Br)cc(C(F)(C(F)(F)F)C(F)(F)F)cc2C(F)(F)F)ccc(C(N)=O)c1F. The van der Waals surface area contributed by atoms with Crippen molar-refractivity contribution >= 4 is 21.8 Å². The van der Waals surface area contributed by atoms with Crippen LogP contribution in [0.15, 0.2) is 28.7 Å². The lowest BCUT2D eigenvalue weighted by Gasteiger charge is -2.31. The van der Waals surface area contributed by atoms with Gasteiger partial charge in [-0.3, -0.25) is 4.79 Å². The van der Waals surface area contributed by atoms with Crippen molar-refractivity contribution in [3.8, 4) is 17.2 Å². The summed E-state index contributed by atoms with van der Waals surface area (Å²) in [6, 6.07) is 1.33. The van der Waals surface area contributed by atoms with Crippen LogP contribution >= 0.6 is 15.9 Å². The number of carbonyl (C=O) groups excluding carboxylic acids is 1. The third-order valence-corrected chi connectivity index (χ3v) is 4.99. The molecule has 0 aromatic heterocycles. The maximum Gasteiger partial charge on any atom is 0.435 e. The molecule has 15 heteroatoms. The third kappa shape index (κ3) is 4.35. The van der Waals surface area contributed by atoms with Crippen molar-refractivity contribution in [2.24, 2.45) is 5.73 Å². The highest BCUT2D eigenvalue weighted by Crippen LogP contribution is 2.55. The van der Waals surface area contributed by atoms with Crippen molar-refractivity contribution in [2.75, 3.05) is 0 Å². The van der Waals surface area contributed by atoms with Gasteiger partial charge in [0.05, 0.1) is 16.7 Å². The molecule has 0 aliphatic heterocycles. The first kappa shape index (κ1) is 26.4. The summed E-state index contributed by atoms with van der Waals surface area (Å²) in [5.41, 5.74) is -10.4.